The normalized spacial score (nSPS) is 19.6. The Morgan fingerprint density at radius 1 is 1.39 bits per heavy atom. The summed E-state index contributed by atoms with van der Waals surface area (Å²) >= 11 is 0. The number of hydrogen-bond donors (Lipinski definition) is 0. The predicted molar refractivity (Wildman–Crippen MR) is 76.2 cm³/mol. The Morgan fingerprint density at radius 3 is 2.83 bits per heavy atom. The van der Waals surface area contributed by atoms with Gasteiger partial charge in [0.15, 0.2) is 0 Å². The quantitative estimate of drug-likeness (QED) is 0.791. The number of nitrogens with zero attached hydrogens (tertiary/aromatic N) is 2. The standard InChI is InChI=1S/C14H18N2.C2H6/c1-12-4-3-7-16(10-12)11-14-6-2-5-13(8-14)9-15;1-2/h2,5-6,8,12H,3-4,7,10-11H2,1H3;1-2H3. The van der Waals surface area contributed by atoms with Gasteiger partial charge in [-0.2, -0.15) is 5.26 Å². The molecule has 0 spiro atoms. The van der Waals surface area contributed by atoms with Gasteiger partial charge in [0, 0.05) is 13.1 Å². The van der Waals surface area contributed by atoms with Crippen molar-refractivity contribution in [2.75, 3.05) is 13.1 Å². The minimum atomic E-state index is 0.766. The van der Waals surface area contributed by atoms with Crippen LogP contribution in [0.5, 0.6) is 0 Å². The van der Waals surface area contributed by atoms with Gasteiger partial charge in [0.1, 0.15) is 0 Å². The van der Waals surface area contributed by atoms with Gasteiger partial charge >= 0.3 is 0 Å². The van der Waals surface area contributed by atoms with Crippen LogP contribution in [0.4, 0.5) is 0 Å². The number of piperidine rings is 1. The Bertz CT molecular complexity index is 392. The maximum atomic E-state index is 8.85. The molecule has 1 aliphatic heterocycles. The topological polar surface area (TPSA) is 27.0 Å². The van der Waals surface area contributed by atoms with Gasteiger partial charge < -0.3 is 0 Å². The molecular formula is C16H24N2. The lowest BCUT2D eigenvalue weighted by Crippen LogP contribution is -2.33. The van der Waals surface area contributed by atoms with Gasteiger partial charge in [-0.15, -0.1) is 0 Å². The molecule has 1 heterocycles. The molecule has 0 bridgehead atoms. The molecule has 1 atom stereocenters. The Morgan fingerprint density at radius 2 is 2.17 bits per heavy atom. The number of hydrogen-bond acceptors (Lipinski definition) is 2. The van der Waals surface area contributed by atoms with Crippen LogP contribution >= 0.6 is 0 Å². The van der Waals surface area contributed by atoms with Gasteiger partial charge in [-0.05, 0) is 43.0 Å². The summed E-state index contributed by atoms with van der Waals surface area (Å²) in [7, 11) is 0. The van der Waals surface area contributed by atoms with Crippen molar-refractivity contribution in [3.8, 4) is 6.07 Å². The van der Waals surface area contributed by atoms with E-state index in [1.807, 2.05) is 32.0 Å². The number of likely N-dealkylation sites (tertiary alicyclic amines) is 1. The predicted octanol–water partition coefficient (Wildman–Crippen LogP) is 3.82. The van der Waals surface area contributed by atoms with E-state index in [2.05, 4.69) is 24.0 Å². The zero-order valence-corrected chi connectivity index (χ0v) is 11.8. The molecule has 0 aromatic heterocycles. The lowest BCUT2D eigenvalue weighted by Gasteiger charge is -2.30. The van der Waals surface area contributed by atoms with Crippen LogP contribution in [0.1, 0.15) is 44.7 Å². The van der Waals surface area contributed by atoms with Crippen LogP contribution in [0.2, 0.25) is 0 Å². The van der Waals surface area contributed by atoms with Crippen molar-refractivity contribution < 1.29 is 0 Å². The van der Waals surface area contributed by atoms with E-state index in [9.17, 15) is 0 Å². The molecule has 2 nitrogen and oxygen atoms in total. The summed E-state index contributed by atoms with van der Waals surface area (Å²) < 4.78 is 0. The molecule has 0 amide bonds. The van der Waals surface area contributed by atoms with Gasteiger partial charge in [-0.3, -0.25) is 4.90 Å². The third-order valence-electron chi connectivity index (χ3n) is 3.20. The molecule has 1 aromatic carbocycles. The highest BCUT2D eigenvalue weighted by Crippen LogP contribution is 2.18. The SMILES string of the molecule is CC.CC1CCCN(Cc2cccc(C#N)c2)C1. The van der Waals surface area contributed by atoms with Crippen LogP contribution in [0.25, 0.3) is 0 Å². The molecule has 1 aliphatic rings. The fourth-order valence-corrected chi connectivity index (χ4v) is 2.43. The molecular weight excluding hydrogens is 220 g/mol. The van der Waals surface area contributed by atoms with Crippen LogP contribution in [0, 0.1) is 17.2 Å². The molecule has 1 unspecified atom stereocenters. The largest absolute Gasteiger partial charge is 0.299 e. The van der Waals surface area contributed by atoms with Crippen LogP contribution in [0.15, 0.2) is 24.3 Å². The van der Waals surface area contributed by atoms with E-state index >= 15 is 0 Å². The molecule has 18 heavy (non-hydrogen) atoms. The van der Waals surface area contributed by atoms with Gasteiger partial charge in [0.25, 0.3) is 0 Å². The summed E-state index contributed by atoms with van der Waals surface area (Å²) in [6, 6.07) is 10.1. The van der Waals surface area contributed by atoms with Crippen LogP contribution in [-0.2, 0) is 6.54 Å². The highest BCUT2D eigenvalue weighted by molar-refractivity contribution is 5.32. The summed E-state index contributed by atoms with van der Waals surface area (Å²) in [5.41, 5.74) is 2.02. The molecule has 0 saturated carbocycles. The van der Waals surface area contributed by atoms with Gasteiger partial charge in [-0.25, -0.2) is 0 Å². The molecule has 2 rings (SSSR count). The smallest absolute Gasteiger partial charge is 0.0991 e. The number of nitriles is 1. The summed E-state index contributed by atoms with van der Waals surface area (Å²) in [5, 5.41) is 8.85. The molecule has 98 valence electrons. The van der Waals surface area contributed by atoms with E-state index < -0.39 is 0 Å². The van der Waals surface area contributed by atoms with Crippen molar-refractivity contribution in [1.29, 1.82) is 5.26 Å². The average molecular weight is 244 g/mol. The summed E-state index contributed by atoms with van der Waals surface area (Å²) in [4.78, 5) is 2.49. The average Bonchev–Trinajstić information content (AvgIpc) is 2.41. The van der Waals surface area contributed by atoms with E-state index in [4.69, 9.17) is 5.26 Å². The van der Waals surface area contributed by atoms with E-state index in [-0.39, 0.29) is 0 Å². The molecule has 1 saturated heterocycles. The molecule has 1 fully saturated rings. The minimum absolute atomic E-state index is 0.766. The third-order valence-corrected chi connectivity index (χ3v) is 3.20. The Labute approximate surface area is 111 Å². The monoisotopic (exact) mass is 244 g/mol. The lowest BCUT2D eigenvalue weighted by atomic mass is 9.99. The number of benzene rings is 1. The summed E-state index contributed by atoms with van der Waals surface area (Å²) in [6.07, 6.45) is 2.66. The van der Waals surface area contributed by atoms with E-state index in [1.165, 1.54) is 31.5 Å². The first-order valence-electron chi connectivity index (χ1n) is 6.99. The van der Waals surface area contributed by atoms with Gasteiger partial charge in [0.05, 0.1) is 11.6 Å². The molecule has 2 heteroatoms. The van der Waals surface area contributed by atoms with Crippen molar-refractivity contribution >= 4 is 0 Å². The van der Waals surface area contributed by atoms with Gasteiger partial charge in [-0.1, -0.05) is 32.9 Å². The minimum Gasteiger partial charge on any atom is -0.299 e. The lowest BCUT2D eigenvalue weighted by molar-refractivity contribution is 0.176. The maximum absolute atomic E-state index is 8.85. The molecule has 1 aromatic rings. The maximum Gasteiger partial charge on any atom is 0.0991 e. The Hall–Kier alpha value is -1.33. The van der Waals surface area contributed by atoms with E-state index in [1.54, 1.807) is 0 Å². The van der Waals surface area contributed by atoms with Crippen LogP contribution in [-0.4, -0.2) is 18.0 Å². The molecule has 0 N–H and O–H groups in total. The second-order valence-electron chi connectivity index (χ2n) is 4.79. The Balaban J connectivity index is 0.000000771. The zero-order valence-electron chi connectivity index (χ0n) is 11.8. The first-order chi connectivity index (χ1) is 8.78. The second kappa shape index (κ2) is 7.89. The van der Waals surface area contributed by atoms with Crippen molar-refractivity contribution in [2.24, 2.45) is 5.92 Å². The van der Waals surface area contributed by atoms with Crippen molar-refractivity contribution in [3.63, 3.8) is 0 Å². The van der Waals surface area contributed by atoms with E-state index in [0.29, 0.717) is 0 Å². The Kier molecular flexibility index (Phi) is 6.46. The second-order valence-corrected chi connectivity index (χ2v) is 4.79. The fourth-order valence-electron chi connectivity index (χ4n) is 2.43. The zero-order chi connectivity index (χ0) is 13.4. The van der Waals surface area contributed by atoms with E-state index in [0.717, 1.165) is 18.0 Å². The van der Waals surface area contributed by atoms with Gasteiger partial charge in [0.2, 0.25) is 0 Å². The summed E-state index contributed by atoms with van der Waals surface area (Å²) in [5.74, 6) is 0.813. The summed E-state index contributed by atoms with van der Waals surface area (Å²) in [6.45, 7) is 9.69. The van der Waals surface area contributed by atoms with Crippen molar-refractivity contribution in [1.82, 2.24) is 4.90 Å². The number of rotatable bonds is 2. The first-order valence-corrected chi connectivity index (χ1v) is 6.99. The van der Waals surface area contributed by atoms with Crippen molar-refractivity contribution in [3.05, 3.63) is 35.4 Å². The highest BCUT2D eigenvalue weighted by Gasteiger charge is 2.16. The van der Waals surface area contributed by atoms with Crippen molar-refractivity contribution in [2.45, 2.75) is 40.2 Å². The molecule has 0 aliphatic carbocycles. The van der Waals surface area contributed by atoms with Crippen LogP contribution in [0.3, 0.4) is 0 Å². The fraction of sp³-hybridized carbons (Fsp3) is 0.562. The molecule has 0 radical (unpaired) electrons. The highest BCUT2D eigenvalue weighted by atomic mass is 15.1. The first kappa shape index (κ1) is 14.7. The van der Waals surface area contributed by atoms with Crippen LogP contribution < -0.4 is 0 Å². The third kappa shape index (κ3) is 4.50.